The Bertz CT molecular complexity index is 444. The quantitative estimate of drug-likeness (QED) is 0.888. The lowest BCUT2D eigenvalue weighted by atomic mass is 9.93. The summed E-state index contributed by atoms with van der Waals surface area (Å²) < 4.78 is 28.4. The second-order valence-electron chi connectivity index (χ2n) is 5.49. The van der Waals surface area contributed by atoms with E-state index in [-0.39, 0.29) is 5.69 Å². The Morgan fingerprint density at radius 2 is 2.00 bits per heavy atom. The minimum atomic E-state index is -0.496. The maximum Gasteiger partial charge on any atom is 0.150 e. The summed E-state index contributed by atoms with van der Waals surface area (Å²) in [6.07, 6.45) is 2.01. The van der Waals surface area contributed by atoms with Crippen LogP contribution >= 0.6 is 15.9 Å². The van der Waals surface area contributed by atoms with Crippen LogP contribution in [-0.2, 0) is 0 Å². The number of nitrogens with zero attached hydrogens (tertiary/aromatic N) is 1. The summed E-state index contributed by atoms with van der Waals surface area (Å²) in [4.78, 5) is 1.83. The van der Waals surface area contributed by atoms with Crippen LogP contribution in [0, 0.1) is 17.6 Å². The summed E-state index contributed by atoms with van der Waals surface area (Å²) in [5, 5.41) is 3.51. The lowest BCUT2D eigenvalue weighted by Crippen LogP contribution is -2.49. The van der Waals surface area contributed by atoms with E-state index < -0.39 is 11.6 Å². The molecule has 1 N–H and O–H groups in total. The van der Waals surface area contributed by atoms with Crippen molar-refractivity contribution >= 4 is 21.6 Å². The predicted molar refractivity (Wildman–Crippen MR) is 82.1 cm³/mol. The van der Waals surface area contributed by atoms with Crippen LogP contribution in [0.3, 0.4) is 0 Å². The van der Waals surface area contributed by atoms with Gasteiger partial charge in [-0.1, -0.05) is 29.8 Å². The lowest BCUT2D eigenvalue weighted by Gasteiger charge is -2.39. The average molecular weight is 347 g/mol. The minimum Gasteiger partial charge on any atom is -0.366 e. The predicted octanol–water partition coefficient (Wildman–Crippen LogP) is 3.94. The summed E-state index contributed by atoms with van der Waals surface area (Å²) in [6.45, 7) is 6.63. The largest absolute Gasteiger partial charge is 0.366 e. The van der Waals surface area contributed by atoms with Gasteiger partial charge in [-0.3, -0.25) is 0 Å². The van der Waals surface area contributed by atoms with E-state index in [0.717, 1.165) is 19.4 Å². The van der Waals surface area contributed by atoms with Crippen molar-refractivity contribution in [2.45, 2.75) is 32.7 Å². The number of rotatable bonds is 4. The lowest BCUT2D eigenvalue weighted by molar-refractivity contribution is 0.319. The molecule has 1 aliphatic heterocycles. The van der Waals surface area contributed by atoms with Gasteiger partial charge in [0.05, 0.1) is 0 Å². The Labute approximate surface area is 127 Å². The highest BCUT2D eigenvalue weighted by atomic mass is 79.9. The van der Waals surface area contributed by atoms with E-state index in [4.69, 9.17) is 0 Å². The van der Waals surface area contributed by atoms with Gasteiger partial charge in [0.15, 0.2) is 11.6 Å². The van der Waals surface area contributed by atoms with Gasteiger partial charge >= 0.3 is 0 Å². The molecule has 0 aromatic heterocycles. The summed E-state index contributed by atoms with van der Waals surface area (Å²) in [5.74, 6) is -0.620. The van der Waals surface area contributed by atoms with Crippen LogP contribution in [0.1, 0.15) is 26.7 Å². The zero-order chi connectivity index (χ0) is 14.7. The van der Waals surface area contributed by atoms with Gasteiger partial charge in [-0.15, -0.1) is 0 Å². The third-order valence-electron chi connectivity index (χ3n) is 3.86. The van der Waals surface area contributed by atoms with Crippen LogP contribution < -0.4 is 10.2 Å². The molecule has 1 aromatic carbocycles. The topological polar surface area (TPSA) is 15.3 Å². The van der Waals surface area contributed by atoms with E-state index in [1.807, 2.05) is 4.90 Å². The van der Waals surface area contributed by atoms with E-state index in [9.17, 15) is 8.78 Å². The van der Waals surface area contributed by atoms with Crippen molar-refractivity contribution in [3.8, 4) is 0 Å². The summed E-state index contributed by atoms with van der Waals surface area (Å²) in [5.41, 5.74) is 0.106. The Morgan fingerprint density at radius 1 is 1.35 bits per heavy atom. The van der Waals surface area contributed by atoms with Gasteiger partial charge in [0.25, 0.3) is 0 Å². The van der Waals surface area contributed by atoms with Gasteiger partial charge in [-0.2, -0.15) is 0 Å². The number of anilines is 1. The fourth-order valence-corrected chi connectivity index (χ4v) is 3.22. The molecule has 112 valence electrons. The van der Waals surface area contributed by atoms with Crippen LogP contribution in [0.25, 0.3) is 0 Å². The first kappa shape index (κ1) is 15.7. The molecule has 0 amide bonds. The molecule has 0 aliphatic carbocycles. The molecule has 0 radical (unpaired) electrons. The van der Waals surface area contributed by atoms with Gasteiger partial charge in [0.1, 0.15) is 5.69 Å². The molecule has 2 rings (SSSR count). The molecule has 5 heteroatoms. The van der Waals surface area contributed by atoms with Crippen LogP contribution in [-0.4, -0.2) is 25.7 Å². The third-order valence-corrected chi connectivity index (χ3v) is 4.32. The van der Waals surface area contributed by atoms with Crippen LogP contribution in [0.15, 0.2) is 16.6 Å². The van der Waals surface area contributed by atoms with Crippen molar-refractivity contribution in [1.29, 1.82) is 0 Å². The van der Waals surface area contributed by atoms with Crippen molar-refractivity contribution in [2.75, 3.05) is 24.5 Å². The van der Waals surface area contributed by atoms with Gasteiger partial charge < -0.3 is 10.2 Å². The molecule has 1 aliphatic rings. The molecule has 20 heavy (non-hydrogen) atoms. The Morgan fingerprint density at radius 3 is 2.55 bits per heavy atom. The SMILES string of the molecule is CCCNC1CCN(c2c(F)cc(Br)cc2F)CC1C. The monoisotopic (exact) mass is 346 g/mol. The minimum absolute atomic E-state index is 0.106. The van der Waals surface area contributed by atoms with Crippen molar-refractivity contribution in [2.24, 2.45) is 5.92 Å². The van der Waals surface area contributed by atoms with E-state index >= 15 is 0 Å². The number of hydrogen-bond acceptors (Lipinski definition) is 2. The average Bonchev–Trinajstić information content (AvgIpc) is 2.36. The second kappa shape index (κ2) is 6.85. The van der Waals surface area contributed by atoms with E-state index in [2.05, 4.69) is 35.1 Å². The fourth-order valence-electron chi connectivity index (χ4n) is 2.82. The molecule has 1 fully saturated rings. The van der Waals surface area contributed by atoms with Crippen molar-refractivity contribution in [1.82, 2.24) is 5.32 Å². The fraction of sp³-hybridized carbons (Fsp3) is 0.600. The summed E-state index contributed by atoms with van der Waals surface area (Å²) in [6, 6.07) is 3.09. The van der Waals surface area contributed by atoms with Crippen molar-refractivity contribution in [3.63, 3.8) is 0 Å². The molecule has 0 saturated carbocycles. The zero-order valence-corrected chi connectivity index (χ0v) is 13.5. The summed E-state index contributed by atoms with van der Waals surface area (Å²) >= 11 is 3.11. The van der Waals surface area contributed by atoms with Crippen LogP contribution in [0.2, 0.25) is 0 Å². The first-order valence-electron chi connectivity index (χ1n) is 7.15. The molecule has 0 spiro atoms. The highest BCUT2D eigenvalue weighted by molar-refractivity contribution is 9.10. The highest BCUT2D eigenvalue weighted by Gasteiger charge is 2.28. The summed E-state index contributed by atoms with van der Waals surface area (Å²) in [7, 11) is 0. The second-order valence-corrected chi connectivity index (χ2v) is 6.41. The van der Waals surface area contributed by atoms with Gasteiger partial charge in [-0.05, 0) is 37.4 Å². The van der Waals surface area contributed by atoms with Gasteiger partial charge in [0, 0.05) is 23.6 Å². The molecular weight excluding hydrogens is 326 g/mol. The van der Waals surface area contributed by atoms with Crippen LogP contribution in [0.4, 0.5) is 14.5 Å². The maximum absolute atomic E-state index is 14.0. The van der Waals surface area contributed by atoms with E-state index in [1.54, 1.807) is 0 Å². The molecule has 1 aromatic rings. The first-order valence-corrected chi connectivity index (χ1v) is 7.95. The number of hydrogen-bond donors (Lipinski definition) is 1. The Kier molecular flexibility index (Phi) is 5.38. The van der Waals surface area contributed by atoms with Crippen molar-refractivity contribution in [3.05, 3.63) is 28.2 Å². The normalized spacial score (nSPS) is 23.1. The number of nitrogens with one attached hydrogen (secondary N) is 1. The Hall–Kier alpha value is -0.680. The molecule has 1 saturated heterocycles. The van der Waals surface area contributed by atoms with E-state index in [0.29, 0.717) is 29.5 Å². The van der Waals surface area contributed by atoms with Gasteiger partial charge in [0.2, 0.25) is 0 Å². The molecule has 1 heterocycles. The zero-order valence-electron chi connectivity index (χ0n) is 11.9. The standard InChI is InChI=1S/C15H21BrF2N2/c1-3-5-19-14-4-6-20(9-10(14)2)15-12(17)7-11(16)8-13(15)18/h7-8,10,14,19H,3-6,9H2,1-2H3. The van der Waals surface area contributed by atoms with E-state index in [1.165, 1.54) is 12.1 Å². The molecule has 0 bridgehead atoms. The van der Waals surface area contributed by atoms with Gasteiger partial charge in [-0.25, -0.2) is 8.78 Å². The number of piperidine rings is 1. The Balaban J connectivity index is 2.09. The van der Waals surface area contributed by atoms with Crippen molar-refractivity contribution < 1.29 is 8.78 Å². The number of halogens is 3. The van der Waals surface area contributed by atoms with Crippen LogP contribution in [0.5, 0.6) is 0 Å². The third kappa shape index (κ3) is 3.50. The number of benzene rings is 1. The molecule has 2 unspecified atom stereocenters. The molecular formula is C15H21BrF2N2. The molecule has 2 nitrogen and oxygen atoms in total. The molecule has 2 atom stereocenters. The maximum atomic E-state index is 14.0. The highest BCUT2D eigenvalue weighted by Crippen LogP contribution is 2.30. The smallest absolute Gasteiger partial charge is 0.150 e. The first-order chi connectivity index (χ1) is 9.52.